The minimum atomic E-state index is -2.89. The standard InChI is InChI=1S/C15H21NO3S2/c1-11(2)9-16-15(17)13-5-3-4-6-14(13)20-12-7-8-21(18,19)10-12/h3-6,11-12H,7-10H2,1-2H3,(H,16,17). The van der Waals surface area contributed by atoms with Crippen LogP contribution in [0.4, 0.5) is 0 Å². The number of nitrogens with one attached hydrogen (secondary N) is 1. The molecule has 21 heavy (non-hydrogen) atoms. The van der Waals surface area contributed by atoms with Crippen LogP contribution in [0, 0.1) is 5.92 Å². The monoisotopic (exact) mass is 327 g/mol. The number of sulfone groups is 1. The maximum atomic E-state index is 12.2. The van der Waals surface area contributed by atoms with Crippen molar-refractivity contribution in [1.82, 2.24) is 5.32 Å². The van der Waals surface area contributed by atoms with Gasteiger partial charge in [-0.1, -0.05) is 26.0 Å². The van der Waals surface area contributed by atoms with Crippen LogP contribution in [0.2, 0.25) is 0 Å². The van der Waals surface area contributed by atoms with E-state index < -0.39 is 9.84 Å². The molecule has 0 saturated carbocycles. The second-order valence-electron chi connectivity index (χ2n) is 5.74. The van der Waals surface area contributed by atoms with Crippen molar-refractivity contribution in [1.29, 1.82) is 0 Å². The first-order valence-corrected chi connectivity index (χ1v) is 9.82. The Labute approximate surface area is 130 Å². The molecule has 1 amide bonds. The summed E-state index contributed by atoms with van der Waals surface area (Å²) in [5.74, 6) is 0.771. The number of rotatable bonds is 5. The minimum Gasteiger partial charge on any atom is -0.352 e. The Morgan fingerprint density at radius 2 is 2.10 bits per heavy atom. The zero-order chi connectivity index (χ0) is 15.5. The first-order valence-electron chi connectivity index (χ1n) is 7.11. The van der Waals surface area contributed by atoms with Gasteiger partial charge in [0.15, 0.2) is 9.84 Å². The van der Waals surface area contributed by atoms with Crippen LogP contribution in [-0.2, 0) is 9.84 Å². The molecule has 1 unspecified atom stereocenters. The predicted octanol–water partition coefficient (Wildman–Crippen LogP) is 2.35. The number of hydrogen-bond acceptors (Lipinski definition) is 4. The van der Waals surface area contributed by atoms with Gasteiger partial charge in [-0.15, -0.1) is 11.8 Å². The maximum absolute atomic E-state index is 12.2. The van der Waals surface area contributed by atoms with Gasteiger partial charge in [-0.25, -0.2) is 8.42 Å². The van der Waals surface area contributed by atoms with Crippen molar-refractivity contribution in [3.05, 3.63) is 29.8 Å². The molecule has 1 saturated heterocycles. The van der Waals surface area contributed by atoms with E-state index in [-0.39, 0.29) is 22.7 Å². The Hall–Kier alpha value is -1.01. The fraction of sp³-hybridized carbons (Fsp3) is 0.533. The van der Waals surface area contributed by atoms with Gasteiger partial charge in [-0.2, -0.15) is 0 Å². The first kappa shape index (κ1) is 16.4. The molecule has 2 rings (SSSR count). The lowest BCUT2D eigenvalue weighted by Crippen LogP contribution is -2.27. The molecule has 0 bridgehead atoms. The molecule has 1 aliphatic rings. The summed E-state index contributed by atoms with van der Waals surface area (Å²) in [5.41, 5.74) is 0.632. The topological polar surface area (TPSA) is 63.2 Å². The molecule has 0 aliphatic carbocycles. The van der Waals surface area contributed by atoms with E-state index in [9.17, 15) is 13.2 Å². The summed E-state index contributed by atoms with van der Waals surface area (Å²) >= 11 is 1.50. The molecule has 1 fully saturated rings. The fourth-order valence-electron chi connectivity index (χ4n) is 2.18. The summed E-state index contributed by atoms with van der Waals surface area (Å²) < 4.78 is 23.1. The minimum absolute atomic E-state index is 0.0500. The van der Waals surface area contributed by atoms with Crippen molar-refractivity contribution in [3.63, 3.8) is 0 Å². The van der Waals surface area contributed by atoms with Crippen molar-refractivity contribution in [3.8, 4) is 0 Å². The van der Waals surface area contributed by atoms with Crippen LogP contribution in [-0.4, -0.2) is 37.6 Å². The molecule has 0 radical (unpaired) electrons. The van der Waals surface area contributed by atoms with Gasteiger partial charge in [0.2, 0.25) is 0 Å². The second-order valence-corrected chi connectivity index (χ2v) is 9.31. The Bertz CT molecular complexity index is 611. The first-order chi connectivity index (χ1) is 9.87. The Balaban J connectivity index is 2.08. The molecular formula is C15H21NO3S2. The van der Waals surface area contributed by atoms with E-state index in [1.165, 1.54) is 11.8 Å². The largest absolute Gasteiger partial charge is 0.352 e. The lowest BCUT2D eigenvalue weighted by molar-refractivity contribution is 0.0946. The summed E-state index contributed by atoms with van der Waals surface area (Å²) in [6.07, 6.45) is 0.662. The summed E-state index contributed by atoms with van der Waals surface area (Å²) in [7, 11) is -2.89. The average molecular weight is 327 g/mol. The summed E-state index contributed by atoms with van der Waals surface area (Å²) in [6, 6.07) is 7.39. The second kappa shape index (κ2) is 6.83. The van der Waals surface area contributed by atoms with Crippen molar-refractivity contribution in [2.24, 2.45) is 5.92 Å². The van der Waals surface area contributed by atoms with E-state index in [1.54, 1.807) is 6.07 Å². The highest BCUT2D eigenvalue weighted by Gasteiger charge is 2.29. The molecule has 4 nitrogen and oxygen atoms in total. The van der Waals surface area contributed by atoms with Gasteiger partial charge in [0, 0.05) is 16.7 Å². The normalized spacial score (nSPS) is 20.6. The molecule has 1 N–H and O–H groups in total. The van der Waals surface area contributed by atoms with Crippen LogP contribution in [0.15, 0.2) is 29.2 Å². The highest BCUT2D eigenvalue weighted by Crippen LogP contribution is 2.32. The fourth-order valence-corrected chi connectivity index (χ4v) is 5.81. The van der Waals surface area contributed by atoms with Gasteiger partial charge >= 0.3 is 0 Å². The molecule has 116 valence electrons. The predicted molar refractivity (Wildman–Crippen MR) is 86.5 cm³/mol. The van der Waals surface area contributed by atoms with Crippen molar-refractivity contribution in [2.75, 3.05) is 18.1 Å². The Morgan fingerprint density at radius 1 is 1.38 bits per heavy atom. The van der Waals surface area contributed by atoms with Gasteiger partial charge in [-0.05, 0) is 24.5 Å². The lowest BCUT2D eigenvalue weighted by Gasteiger charge is -2.13. The van der Waals surface area contributed by atoms with Crippen LogP contribution < -0.4 is 5.32 Å². The SMILES string of the molecule is CC(C)CNC(=O)c1ccccc1SC1CCS(=O)(=O)C1. The number of thioether (sulfide) groups is 1. The molecule has 1 aromatic rings. The number of benzene rings is 1. The molecule has 1 atom stereocenters. The third kappa shape index (κ3) is 4.74. The van der Waals surface area contributed by atoms with E-state index in [4.69, 9.17) is 0 Å². The van der Waals surface area contributed by atoms with E-state index >= 15 is 0 Å². The van der Waals surface area contributed by atoms with Crippen LogP contribution in [0.5, 0.6) is 0 Å². The van der Waals surface area contributed by atoms with Crippen LogP contribution in [0.3, 0.4) is 0 Å². The van der Waals surface area contributed by atoms with Crippen molar-refractivity contribution in [2.45, 2.75) is 30.4 Å². The zero-order valence-electron chi connectivity index (χ0n) is 12.3. The Morgan fingerprint density at radius 3 is 2.71 bits per heavy atom. The van der Waals surface area contributed by atoms with Gasteiger partial charge in [-0.3, -0.25) is 4.79 Å². The van der Waals surface area contributed by atoms with Gasteiger partial charge in [0.25, 0.3) is 5.91 Å². The molecule has 1 heterocycles. The van der Waals surface area contributed by atoms with Crippen LogP contribution >= 0.6 is 11.8 Å². The molecule has 1 aromatic carbocycles. The Kier molecular flexibility index (Phi) is 5.32. The zero-order valence-corrected chi connectivity index (χ0v) is 14.0. The van der Waals surface area contributed by atoms with Crippen molar-refractivity contribution >= 4 is 27.5 Å². The number of hydrogen-bond donors (Lipinski definition) is 1. The highest BCUT2D eigenvalue weighted by molar-refractivity contribution is 8.02. The number of carbonyl (C=O) groups excluding carboxylic acids is 1. The maximum Gasteiger partial charge on any atom is 0.252 e. The number of amides is 1. The molecular weight excluding hydrogens is 306 g/mol. The van der Waals surface area contributed by atoms with Gasteiger partial charge in [0.05, 0.1) is 17.1 Å². The highest BCUT2D eigenvalue weighted by atomic mass is 32.2. The van der Waals surface area contributed by atoms with Crippen LogP contribution in [0.1, 0.15) is 30.6 Å². The van der Waals surface area contributed by atoms with Crippen molar-refractivity contribution < 1.29 is 13.2 Å². The van der Waals surface area contributed by atoms with Gasteiger partial charge in [0.1, 0.15) is 0 Å². The van der Waals surface area contributed by atoms with Gasteiger partial charge < -0.3 is 5.32 Å². The van der Waals surface area contributed by atoms with E-state index in [0.29, 0.717) is 24.4 Å². The third-order valence-electron chi connectivity index (χ3n) is 3.29. The third-order valence-corrected chi connectivity index (χ3v) is 6.61. The van der Waals surface area contributed by atoms with E-state index in [2.05, 4.69) is 5.32 Å². The smallest absolute Gasteiger partial charge is 0.252 e. The van der Waals surface area contributed by atoms with E-state index in [1.807, 2.05) is 32.0 Å². The lowest BCUT2D eigenvalue weighted by atomic mass is 10.2. The number of carbonyl (C=O) groups is 1. The quantitative estimate of drug-likeness (QED) is 0.902. The molecule has 0 aromatic heterocycles. The summed E-state index contributed by atoms with van der Waals surface area (Å²) in [4.78, 5) is 13.1. The molecule has 1 aliphatic heterocycles. The van der Waals surface area contributed by atoms with E-state index in [0.717, 1.165) is 4.90 Å². The molecule has 6 heteroatoms. The van der Waals surface area contributed by atoms with Crippen LogP contribution in [0.25, 0.3) is 0 Å². The summed E-state index contributed by atoms with van der Waals surface area (Å²) in [6.45, 7) is 4.73. The molecule has 0 spiro atoms. The average Bonchev–Trinajstić information content (AvgIpc) is 2.76. The summed E-state index contributed by atoms with van der Waals surface area (Å²) in [5, 5.41) is 2.96.